The molecule has 4 rings (SSSR count). The fraction of sp³-hybridized carbons (Fsp3) is 0.391. The van der Waals surface area contributed by atoms with Crippen molar-refractivity contribution in [2.45, 2.75) is 50.9 Å². The maximum Gasteiger partial charge on any atom is 0.416 e. The maximum absolute atomic E-state index is 13.1. The van der Waals surface area contributed by atoms with E-state index in [2.05, 4.69) is 10.6 Å². The Bertz CT molecular complexity index is 1190. The molecule has 1 aromatic heterocycles. The van der Waals surface area contributed by atoms with Crippen molar-refractivity contribution in [3.8, 4) is 0 Å². The molecule has 1 aliphatic rings. The standard InChI is InChI=1S/C23H25F3N4OS/c1-29-21(31)19-13-18(28-22(32)27-17-8-3-2-4-9-17)10-11-20(19)30(29)14-15-6-5-7-16(12-15)23(24,25)26/h5-7,10-13,17H,2-4,8-9,14H2,1H3,(H2,27,28,32). The van der Waals surface area contributed by atoms with E-state index in [1.165, 1.54) is 30.0 Å². The third-order valence-electron chi connectivity index (χ3n) is 5.95. The summed E-state index contributed by atoms with van der Waals surface area (Å²) >= 11 is 5.43. The van der Waals surface area contributed by atoms with Crippen molar-refractivity contribution >= 4 is 33.9 Å². The van der Waals surface area contributed by atoms with Gasteiger partial charge in [-0.3, -0.25) is 14.2 Å². The zero-order valence-electron chi connectivity index (χ0n) is 17.7. The molecule has 170 valence electrons. The number of hydrogen-bond donors (Lipinski definition) is 2. The zero-order chi connectivity index (χ0) is 22.9. The number of rotatable bonds is 4. The Morgan fingerprint density at radius 2 is 1.88 bits per heavy atom. The number of nitrogens with zero attached hydrogens (tertiary/aromatic N) is 2. The highest BCUT2D eigenvalue weighted by Gasteiger charge is 2.30. The molecule has 0 spiro atoms. The van der Waals surface area contributed by atoms with Crippen LogP contribution in [0.3, 0.4) is 0 Å². The van der Waals surface area contributed by atoms with Gasteiger partial charge in [-0.2, -0.15) is 13.2 Å². The van der Waals surface area contributed by atoms with Gasteiger partial charge in [-0.1, -0.05) is 31.4 Å². The lowest BCUT2D eigenvalue weighted by Crippen LogP contribution is -2.38. The van der Waals surface area contributed by atoms with Crippen molar-refractivity contribution in [3.63, 3.8) is 0 Å². The lowest BCUT2D eigenvalue weighted by Gasteiger charge is -2.24. The molecule has 1 heterocycles. The third kappa shape index (κ3) is 4.82. The zero-order valence-corrected chi connectivity index (χ0v) is 18.5. The van der Waals surface area contributed by atoms with Crippen molar-refractivity contribution < 1.29 is 13.2 Å². The molecule has 32 heavy (non-hydrogen) atoms. The summed E-state index contributed by atoms with van der Waals surface area (Å²) in [7, 11) is 1.61. The Labute approximate surface area is 189 Å². The van der Waals surface area contributed by atoms with Crippen LogP contribution in [0.4, 0.5) is 18.9 Å². The molecule has 2 aromatic carbocycles. The molecule has 0 radical (unpaired) electrons. The summed E-state index contributed by atoms with van der Waals surface area (Å²) < 4.78 is 42.3. The first-order valence-corrected chi connectivity index (χ1v) is 11.1. The molecule has 9 heteroatoms. The molecule has 5 nitrogen and oxygen atoms in total. The highest BCUT2D eigenvalue weighted by atomic mass is 32.1. The molecule has 1 aliphatic carbocycles. The van der Waals surface area contributed by atoms with Crippen molar-refractivity contribution in [2.75, 3.05) is 5.32 Å². The molecule has 0 unspecified atom stereocenters. The van der Waals surface area contributed by atoms with Gasteiger partial charge in [0, 0.05) is 18.8 Å². The van der Waals surface area contributed by atoms with Gasteiger partial charge < -0.3 is 10.6 Å². The van der Waals surface area contributed by atoms with Crippen molar-refractivity contribution in [1.29, 1.82) is 0 Å². The van der Waals surface area contributed by atoms with Crippen LogP contribution in [0.1, 0.15) is 43.2 Å². The summed E-state index contributed by atoms with van der Waals surface area (Å²) in [6.07, 6.45) is 1.43. The minimum absolute atomic E-state index is 0.146. The largest absolute Gasteiger partial charge is 0.416 e. The number of hydrogen-bond acceptors (Lipinski definition) is 2. The maximum atomic E-state index is 13.1. The quantitative estimate of drug-likeness (QED) is 0.535. The van der Waals surface area contributed by atoms with Gasteiger partial charge in [0.25, 0.3) is 5.56 Å². The molecular weight excluding hydrogens is 437 g/mol. The molecule has 3 aromatic rings. The van der Waals surface area contributed by atoms with E-state index >= 15 is 0 Å². The Hall–Kier alpha value is -2.81. The molecule has 1 fully saturated rings. The topological polar surface area (TPSA) is 51.0 Å². The van der Waals surface area contributed by atoms with Gasteiger partial charge in [-0.25, -0.2) is 0 Å². The van der Waals surface area contributed by atoms with Gasteiger partial charge in [0.15, 0.2) is 5.11 Å². The molecule has 1 saturated carbocycles. The van der Waals surface area contributed by atoms with Crippen LogP contribution in [0.25, 0.3) is 10.9 Å². The summed E-state index contributed by atoms with van der Waals surface area (Å²) in [6.45, 7) is 0.146. The number of aromatic nitrogens is 2. The second-order valence-corrected chi connectivity index (χ2v) is 8.66. The highest BCUT2D eigenvalue weighted by molar-refractivity contribution is 7.80. The SMILES string of the molecule is Cn1c(=O)c2cc(NC(=S)NC3CCCCC3)ccc2n1Cc1cccc(C(F)(F)F)c1. The Kier molecular flexibility index (Phi) is 6.28. The molecule has 2 N–H and O–H groups in total. The average molecular weight is 463 g/mol. The van der Waals surface area contributed by atoms with Crippen molar-refractivity contribution in [3.05, 3.63) is 63.9 Å². The molecule has 0 aliphatic heterocycles. The smallest absolute Gasteiger partial charge is 0.360 e. The lowest BCUT2D eigenvalue weighted by atomic mass is 9.96. The van der Waals surface area contributed by atoms with E-state index < -0.39 is 11.7 Å². The van der Waals surface area contributed by atoms with Gasteiger partial charge in [0.1, 0.15) is 0 Å². The number of benzene rings is 2. The minimum Gasteiger partial charge on any atom is -0.360 e. The Morgan fingerprint density at radius 1 is 1.12 bits per heavy atom. The summed E-state index contributed by atoms with van der Waals surface area (Å²) in [5.41, 5.74) is 0.877. The third-order valence-corrected chi connectivity index (χ3v) is 6.17. The van der Waals surface area contributed by atoms with Crippen LogP contribution >= 0.6 is 12.2 Å². The fourth-order valence-corrected chi connectivity index (χ4v) is 4.55. The van der Waals surface area contributed by atoms with E-state index in [0.717, 1.165) is 25.0 Å². The van der Waals surface area contributed by atoms with Gasteiger partial charge in [0.05, 0.1) is 23.0 Å². The van der Waals surface area contributed by atoms with Crippen LogP contribution < -0.4 is 16.2 Å². The second-order valence-electron chi connectivity index (χ2n) is 8.25. The number of fused-ring (bicyclic) bond motifs is 1. The van der Waals surface area contributed by atoms with E-state index in [4.69, 9.17) is 12.2 Å². The predicted molar refractivity (Wildman–Crippen MR) is 124 cm³/mol. The highest BCUT2D eigenvalue weighted by Crippen LogP contribution is 2.30. The number of halogens is 3. The molecule has 0 saturated heterocycles. The van der Waals surface area contributed by atoms with Crippen LogP contribution in [-0.4, -0.2) is 20.5 Å². The van der Waals surface area contributed by atoms with Crippen LogP contribution in [-0.2, 0) is 19.8 Å². The normalized spacial score (nSPS) is 15.1. The first kappa shape index (κ1) is 22.4. The first-order valence-electron chi connectivity index (χ1n) is 10.7. The molecule has 0 atom stereocenters. The summed E-state index contributed by atoms with van der Waals surface area (Å²) in [5.74, 6) is 0. The summed E-state index contributed by atoms with van der Waals surface area (Å²) in [5, 5.41) is 7.49. The molecule has 0 bridgehead atoms. The van der Waals surface area contributed by atoms with Gasteiger partial charge >= 0.3 is 6.18 Å². The van der Waals surface area contributed by atoms with Crippen LogP contribution in [0, 0.1) is 0 Å². The fourth-order valence-electron chi connectivity index (χ4n) is 4.27. The summed E-state index contributed by atoms with van der Waals surface area (Å²) in [6, 6.07) is 10.9. The van der Waals surface area contributed by atoms with Gasteiger partial charge in [-0.05, 0) is 61.0 Å². The van der Waals surface area contributed by atoms with Crippen molar-refractivity contribution in [1.82, 2.24) is 14.7 Å². The number of anilines is 1. The number of alkyl halides is 3. The monoisotopic (exact) mass is 462 g/mol. The number of thiocarbonyl (C=S) groups is 1. The average Bonchev–Trinajstić information content (AvgIpc) is 2.98. The van der Waals surface area contributed by atoms with Crippen LogP contribution in [0.5, 0.6) is 0 Å². The van der Waals surface area contributed by atoms with Crippen LogP contribution in [0.15, 0.2) is 47.3 Å². The van der Waals surface area contributed by atoms with Gasteiger partial charge in [-0.15, -0.1) is 0 Å². The van der Waals surface area contributed by atoms with Gasteiger partial charge in [0.2, 0.25) is 0 Å². The van der Waals surface area contributed by atoms with E-state index in [1.54, 1.807) is 29.9 Å². The number of nitrogens with one attached hydrogen (secondary N) is 2. The first-order chi connectivity index (χ1) is 15.2. The minimum atomic E-state index is -4.41. The van der Waals surface area contributed by atoms with E-state index in [1.807, 2.05) is 6.07 Å². The van der Waals surface area contributed by atoms with Crippen LogP contribution in [0.2, 0.25) is 0 Å². The van der Waals surface area contributed by atoms with Crippen molar-refractivity contribution in [2.24, 2.45) is 7.05 Å². The molecular formula is C23H25F3N4OS. The Balaban J connectivity index is 1.56. The summed E-state index contributed by atoms with van der Waals surface area (Å²) in [4.78, 5) is 12.8. The molecule has 0 amide bonds. The van der Waals surface area contributed by atoms with E-state index in [-0.39, 0.29) is 12.1 Å². The Morgan fingerprint density at radius 3 is 2.59 bits per heavy atom. The van der Waals surface area contributed by atoms with E-state index in [0.29, 0.717) is 33.3 Å². The second kappa shape index (κ2) is 8.97. The predicted octanol–water partition coefficient (Wildman–Crippen LogP) is 5.03. The van der Waals surface area contributed by atoms with E-state index in [9.17, 15) is 18.0 Å². The lowest BCUT2D eigenvalue weighted by molar-refractivity contribution is -0.137.